The van der Waals surface area contributed by atoms with Gasteiger partial charge in [-0.15, -0.1) is 0 Å². The van der Waals surface area contributed by atoms with Gasteiger partial charge in [0.15, 0.2) is 0 Å². The molecule has 0 aromatic heterocycles. The Balaban J connectivity index is 2.15. The Kier molecular flexibility index (Phi) is 5.46. The van der Waals surface area contributed by atoms with Crippen LogP contribution in [0.25, 0.3) is 0 Å². The SMILES string of the molecule is COc1ccc(CC(=O)Nc2cc(C)ccc2OC)c(OC)c1. The minimum Gasteiger partial charge on any atom is -0.497 e. The van der Waals surface area contributed by atoms with E-state index in [0.717, 1.165) is 11.1 Å². The van der Waals surface area contributed by atoms with Crippen LogP contribution >= 0.6 is 0 Å². The van der Waals surface area contributed by atoms with Crippen molar-refractivity contribution in [1.82, 2.24) is 0 Å². The second-order valence-electron chi connectivity index (χ2n) is 5.11. The number of ether oxygens (including phenoxy) is 3. The average molecular weight is 315 g/mol. The van der Waals surface area contributed by atoms with Gasteiger partial charge in [0.2, 0.25) is 5.91 Å². The zero-order valence-electron chi connectivity index (χ0n) is 13.8. The van der Waals surface area contributed by atoms with E-state index < -0.39 is 0 Å². The molecule has 0 bridgehead atoms. The highest BCUT2D eigenvalue weighted by Gasteiger charge is 2.12. The van der Waals surface area contributed by atoms with Crippen molar-refractivity contribution in [2.75, 3.05) is 26.6 Å². The topological polar surface area (TPSA) is 56.8 Å². The van der Waals surface area contributed by atoms with Gasteiger partial charge in [-0.05, 0) is 30.7 Å². The van der Waals surface area contributed by atoms with E-state index in [-0.39, 0.29) is 12.3 Å². The van der Waals surface area contributed by atoms with E-state index in [1.807, 2.05) is 31.2 Å². The Labute approximate surface area is 136 Å². The first-order valence-electron chi connectivity index (χ1n) is 7.22. The molecule has 0 unspecified atom stereocenters. The predicted octanol–water partition coefficient (Wildman–Crippen LogP) is 3.20. The molecule has 0 atom stereocenters. The molecule has 23 heavy (non-hydrogen) atoms. The first kappa shape index (κ1) is 16.7. The number of nitrogens with one attached hydrogen (secondary N) is 1. The zero-order chi connectivity index (χ0) is 16.8. The van der Waals surface area contributed by atoms with E-state index in [4.69, 9.17) is 14.2 Å². The van der Waals surface area contributed by atoms with Crippen molar-refractivity contribution in [2.45, 2.75) is 13.3 Å². The van der Waals surface area contributed by atoms with Crippen LogP contribution in [0.4, 0.5) is 5.69 Å². The van der Waals surface area contributed by atoms with Gasteiger partial charge in [-0.25, -0.2) is 0 Å². The number of hydrogen-bond donors (Lipinski definition) is 1. The van der Waals surface area contributed by atoms with Gasteiger partial charge < -0.3 is 19.5 Å². The second kappa shape index (κ2) is 7.54. The number of benzene rings is 2. The van der Waals surface area contributed by atoms with Crippen molar-refractivity contribution in [3.8, 4) is 17.2 Å². The third-order valence-electron chi connectivity index (χ3n) is 3.47. The molecule has 0 aliphatic carbocycles. The standard InChI is InChI=1S/C18H21NO4/c1-12-5-8-16(22-3)15(9-12)19-18(20)10-13-6-7-14(21-2)11-17(13)23-4/h5-9,11H,10H2,1-4H3,(H,19,20). The second-order valence-corrected chi connectivity index (χ2v) is 5.11. The van der Waals surface area contributed by atoms with Gasteiger partial charge in [0.05, 0.1) is 33.4 Å². The summed E-state index contributed by atoms with van der Waals surface area (Å²) in [7, 11) is 4.73. The Morgan fingerprint density at radius 1 is 0.957 bits per heavy atom. The van der Waals surface area contributed by atoms with E-state index in [2.05, 4.69) is 5.32 Å². The summed E-state index contributed by atoms with van der Waals surface area (Å²) in [5.74, 6) is 1.80. The molecule has 2 aromatic carbocycles. The average Bonchev–Trinajstić information content (AvgIpc) is 2.55. The number of anilines is 1. The summed E-state index contributed by atoms with van der Waals surface area (Å²) >= 11 is 0. The molecule has 0 fully saturated rings. The summed E-state index contributed by atoms with van der Waals surface area (Å²) in [4.78, 5) is 12.3. The molecule has 0 heterocycles. The van der Waals surface area contributed by atoms with E-state index in [1.165, 1.54) is 0 Å². The van der Waals surface area contributed by atoms with Crippen LogP contribution < -0.4 is 19.5 Å². The fraction of sp³-hybridized carbons (Fsp3) is 0.278. The number of hydrogen-bond acceptors (Lipinski definition) is 4. The third kappa shape index (κ3) is 4.16. The minimum absolute atomic E-state index is 0.141. The number of methoxy groups -OCH3 is 3. The van der Waals surface area contributed by atoms with Crippen molar-refractivity contribution >= 4 is 11.6 Å². The molecule has 2 aromatic rings. The molecular formula is C18H21NO4. The summed E-state index contributed by atoms with van der Waals surface area (Å²) in [6, 6.07) is 11.0. The van der Waals surface area contributed by atoms with E-state index in [0.29, 0.717) is 22.9 Å². The molecule has 5 heteroatoms. The lowest BCUT2D eigenvalue weighted by molar-refractivity contribution is -0.115. The lowest BCUT2D eigenvalue weighted by Crippen LogP contribution is -2.15. The Morgan fingerprint density at radius 2 is 1.70 bits per heavy atom. The van der Waals surface area contributed by atoms with Crippen LogP contribution in [-0.4, -0.2) is 27.2 Å². The van der Waals surface area contributed by atoms with Gasteiger partial charge in [-0.2, -0.15) is 0 Å². The zero-order valence-corrected chi connectivity index (χ0v) is 13.8. The van der Waals surface area contributed by atoms with Gasteiger partial charge in [0.1, 0.15) is 17.2 Å². The highest BCUT2D eigenvalue weighted by Crippen LogP contribution is 2.27. The summed E-state index contributed by atoms with van der Waals surface area (Å²) in [6.45, 7) is 1.96. The highest BCUT2D eigenvalue weighted by atomic mass is 16.5. The van der Waals surface area contributed by atoms with Gasteiger partial charge in [0.25, 0.3) is 0 Å². The van der Waals surface area contributed by atoms with Crippen molar-refractivity contribution in [3.05, 3.63) is 47.5 Å². The van der Waals surface area contributed by atoms with Gasteiger partial charge in [-0.3, -0.25) is 4.79 Å². The molecule has 5 nitrogen and oxygen atoms in total. The van der Waals surface area contributed by atoms with Gasteiger partial charge in [0, 0.05) is 11.6 Å². The Morgan fingerprint density at radius 3 is 2.35 bits per heavy atom. The van der Waals surface area contributed by atoms with Crippen LogP contribution in [0.5, 0.6) is 17.2 Å². The van der Waals surface area contributed by atoms with Crippen LogP contribution in [0, 0.1) is 6.92 Å². The van der Waals surface area contributed by atoms with Crippen LogP contribution in [0.3, 0.4) is 0 Å². The Hall–Kier alpha value is -2.69. The van der Waals surface area contributed by atoms with Gasteiger partial charge in [-0.1, -0.05) is 12.1 Å². The van der Waals surface area contributed by atoms with E-state index >= 15 is 0 Å². The monoisotopic (exact) mass is 315 g/mol. The van der Waals surface area contributed by atoms with Crippen molar-refractivity contribution in [3.63, 3.8) is 0 Å². The van der Waals surface area contributed by atoms with Crippen LogP contribution in [0.15, 0.2) is 36.4 Å². The number of carbonyl (C=O) groups is 1. The van der Waals surface area contributed by atoms with Gasteiger partial charge >= 0.3 is 0 Å². The number of aryl methyl sites for hydroxylation is 1. The number of carbonyl (C=O) groups excluding carboxylic acids is 1. The highest BCUT2D eigenvalue weighted by molar-refractivity contribution is 5.94. The lowest BCUT2D eigenvalue weighted by atomic mass is 10.1. The largest absolute Gasteiger partial charge is 0.497 e. The molecule has 0 aliphatic heterocycles. The summed E-state index contributed by atoms with van der Waals surface area (Å²) in [5, 5.41) is 2.88. The maximum absolute atomic E-state index is 12.3. The first-order valence-corrected chi connectivity index (χ1v) is 7.22. The fourth-order valence-corrected chi connectivity index (χ4v) is 2.28. The Bertz CT molecular complexity index is 697. The molecule has 1 N–H and O–H groups in total. The number of amides is 1. The summed E-state index contributed by atoms with van der Waals surface area (Å²) in [6.07, 6.45) is 0.199. The molecule has 122 valence electrons. The molecular weight excluding hydrogens is 294 g/mol. The quantitative estimate of drug-likeness (QED) is 0.889. The predicted molar refractivity (Wildman–Crippen MR) is 89.6 cm³/mol. The number of rotatable bonds is 6. The van der Waals surface area contributed by atoms with E-state index in [9.17, 15) is 4.79 Å². The molecule has 0 saturated carbocycles. The smallest absolute Gasteiger partial charge is 0.229 e. The molecule has 0 radical (unpaired) electrons. The third-order valence-corrected chi connectivity index (χ3v) is 3.47. The van der Waals surface area contributed by atoms with Crippen LogP contribution in [0.1, 0.15) is 11.1 Å². The molecule has 0 spiro atoms. The van der Waals surface area contributed by atoms with Crippen LogP contribution in [0.2, 0.25) is 0 Å². The first-order chi connectivity index (χ1) is 11.1. The van der Waals surface area contributed by atoms with Crippen molar-refractivity contribution in [1.29, 1.82) is 0 Å². The summed E-state index contributed by atoms with van der Waals surface area (Å²) < 4.78 is 15.7. The molecule has 2 rings (SSSR count). The van der Waals surface area contributed by atoms with Crippen LogP contribution in [-0.2, 0) is 11.2 Å². The van der Waals surface area contributed by atoms with E-state index in [1.54, 1.807) is 33.5 Å². The minimum atomic E-state index is -0.141. The van der Waals surface area contributed by atoms with Crippen molar-refractivity contribution in [2.24, 2.45) is 0 Å². The molecule has 1 amide bonds. The normalized spacial score (nSPS) is 10.1. The summed E-state index contributed by atoms with van der Waals surface area (Å²) in [5.41, 5.74) is 2.49. The lowest BCUT2D eigenvalue weighted by Gasteiger charge is -2.13. The van der Waals surface area contributed by atoms with Crippen molar-refractivity contribution < 1.29 is 19.0 Å². The maximum Gasteiger partial charge on any atom is 0.229 e. The maximum atomic E-state index is 12.3. The molecule has 0 aliphatic rings. The fourth-order valence-electron chi connectivity index (χ4n) is 2.28. The molecule has 0 saturated heterocycles.